The van der Waals surface area contributed by atoms with Gasteiger partial charge in [0.2, 0.25) is 0 Å². The number of aliphatic hydroxyl groups excluding tert-OH is 1. The largest absolute Gasteiger partial charge is 0.497 e. The molecule has 9 heteroatoms. The maximum absolute atomic E-state index is 12.2. The van der Waals surface area contributed by atoms with Gasteiger partial charge in [0.25, 0.3) is 11.5 Å². The van der Waals surface area contributed by atoms with Crippen molar-refractivity contribution >= 4 is 11.9 Å². The molecule has 0 aliphatic heterocycles. The Bertz CT molecular complexity index is 844. The van der Waals surface area contributed by atoms with Crippen molar-refractivity contribution in [1.82, 2.24) is 15.3 Å². The lowest BCUT2D eigenvalue weighted by Gasteiger charge is -2.16. The fraction of sp³-hybridized carbons (Fsp3) is 0.294. The van der Waals surface area contributed by atoms with Crippen LogP contribution in [0.1, 0.15) is 28.8 Å². The highest BCUT2D eigenvalue weighted by Crippen LogP contribution is 2.13. The van der Waals surface area contributed by atoms with Crippen LogP contribution in [0.4, 0.5) is 0 Å². The van der Waals surface area contributed by atoms with Gasteiger partial charge < -0.3 is 25.3 Å². The summed E-state index contributed by atoms with van der Waals surface area (Å²) in [6.45, 7) is 1.24. The SMILES string of the molecule is COc1ccc(Cc2nc(C(=O)NC(C(=O)O)C(C)O)cc(=O)[nH]2)cc1. The molecule has 0 saturated carbocycles. The monoisotopic (exact) mass is 361 g/mol. The number of rotatable bonds is 7. The van der Waals surface area contributed by atoms with Crippen LogP contribution in [0.3, 0.4) is 0 Å². The number of benzene rings is 1. The molecule has 1 amide bonds. The van der Waals surface area contributed by atoms with Crippen LogP contribution in [-0.2, 0) is 11.2 Å². The molecule has 0 bridgehead atoms. The Kier molecular flexibility index (Phi) is 6.07. The summed E-state index contributed by atoms with van der Waals surface area (Å²) in [5.74, 6) is -1.32. The summed E-state index contributed by atoms with van der Waals surface area (Å²) < 4.78 is 5.07. The third kappa shape index (κ3) is 4.90. The number of hydrogen-bond acceptors (Lipinski definition) is 6. The van der Waals surface area contributed by atoms with Gasteiger partial charge in [-0.1, -0.05) is 12.1 Å². The van der Waals surface area contributed by atoms with E-state index in [4.69, 9.17) is 9.84 Å². The maximum Gasteiger partial charge on any atom is 0.328 e. The van der Waals surface area contributed by atoms with Crippen molar-refractivity contribution in [3.8, 4) is 5.75 Å². The highest BCUT2D eigenvalue weighted by Gasteiger charge is 2.26. The Labute approximate surface area is 148 Å². The number of ether oxygens (including phenoxy) is 1. The van der Waals surface area contributed by atoms with E-state index < -0.39 is 29.6 Å². The fourth-order valence-electron chi connectivity index (χ4n) is 2.25. The Balaban J connectivity index is 2.21. The number of H-pyrrole nitrogens is 1. The second-order valence-corrected chi connectivity index (χ2v) is 5.63. The van der Waals surface area contributed by atoms with Crippen LogP contribution in [0.2, 0.25) is 0 Å². The molecule has 0 spiro atoms. The highest BCUT2D eigenvalue weighted by molar-refractivity contribution is 5.95. The molecule has 1 aromatic carbocycles. The first-order valence-corrected chi connectivity index (χ1v) is 7.75. The summed E-state index contributed by atoms with van der Waals surface area (Å²) in [5, 5.41) is 20.6. The summed E-state index contributed by atoms with van der Waals surface area (Å²) in [7, 11) is 1.55. The van der Waals surface area contributed by atoms with Crippen molar-refractivity contribution in [2.24, 2.45) is 0 Å². The summed E-state index contributed by atoms with van der Waals surface area (Å²) in [6, 6.07) is 6.55. The number of methoxy groups -OCH3 is 1. The van der Waals surface area contributed by atoms with Gasteiger partial charge in [-0.2, -0.15) is 0 Å². The molecule has 9 nitrogen and oxygen atoms in total. The number of carbonyl (C=O) groups excluding carboxylic acids is 1. The zero-order valence-corrected chi connectivity index (χ0v) is 14.2. The zero-order chi connectivity index (χ0) is 19.3. The Morgan fingerprint density at radius 2 is 1.96 bits per heavy atom. The molecular weight excluding hydrogens is 342 g/mol. The van der Waals surface area contributed by atoms with Crippen molar-refractivity contribution in [2.75, 3.05) is 7.11 Å². The topological polar surface area (TPSA) is 142 Å². The van der Waals surface area contributed by atoms with Gasteiger partial charge in [-0.15, -0.1) is 0 Å². The van der Waals surface area contributed by atoms with Crippen molar-refractivity contribution in [1.29, 1.82) is 0 Å². The molecule has 1 aromatic heterocycles. The van der Waals surface area contributed by atoms with E-state index in [1.165, 1.54) is 6.92 Å². The molecule has 0 radical (unpaired) electrons. The van der Waals surface area contributed by atoms with Crippen molar-refractivity contribution in [3.05, 3.63) is 57.8 Å². The number of hydrogen-bond donors (Lipinski definition) is 4. The molecule has 0 saturated heterocycles. The lowest BCUT2D eigenvalue weighted by molar-refractivity contribution is -0.141. The molecule has 138 valence electrons. The molecule has 0 aliphatic carbocycles. The number of carboxylic acids is 1. The van der Waals surface area contributed by atoms with Crippen LogP contribution in [0.15, 0.2) is 35.1 Å². The molecule has 2 unspecified atom stereocenters. The second-order valence-electron chi connectivity index (χ2n) is 5.63. The Morgan fingerprint density at radius 1 is 1.31 bits per heavy atom. The number of aliphatic carboxylic acids is 1. The number of nitrogens with one attached hydrogen (secondary N) is 2. The number of aromatic nitrogens is 2. The van der Waals surface area contributed by atoms with Crippen molar-refractivity contribution in [3.63, 3.8) is 0 Å². The van der Waals surface area contributed by atoms with E-state index in [0.29, 0.717) is 5.75 Å². The van der Waals surface area contributed by atoms with Crippen LogP contribution in [-0.4, -0.2) is 51.3 Å². The van der Waals surface area contributed by atoms with E-state index >= 15 is 0 Å². The smallest absolute Gasteiger partial charge is 0.328 e. The van der Waals surface area contributed by atoms with Gasteiger partial charge in [0.05, 0.1) is 13.2 Å². The zero-order valence-electron chi connectivity index (χ0n) is 14.2. The first-order valence-electron chi connectivity index (χ1n) is 7.75. The number of carbonyl (C=O) groups is 2. The number of carboxylic acid groups (broad SMARTS) is 1. The maximum atomic E-state index is 12.2. The van der Waals surface area contributed by atoms with Crippen LogP contribution in [0.5, 0.6) is 5.75 Å². The van der Waals surface area contributed by atoms with E-state index in [1.807, 2.05) is 0 Å². The van der Waals surface area contributed by atoms with Gasteiger partial charge in [0, 0.05) is 12.5 Å². The van der Waals surface area contributed by atoms with E-state index in [9.17, 15) is 19.5 Å². The lowest BCUT2D eigenvalue weighted by Crippen LogP contribution is -2.48. The van der Waals surface area contributed by atoms with Crippen molar-refractivity contribution < 1.29 is 24.5 Å². The quantitative estimate of drug-likeness (QED) is 0.541. The number of amides is 1. The van der Waals surface area contributed by atoms with Crippen LogP contribution in [0.25, 0.3) is 0 Å². The van der Waals surface area contributed by atoms with Gasteiger partial charge >= 0.3 is 5.97 Å². The molecule has 0 fully saturated rings. The minimum Gasteiger partial charge on any atom is -0.497 e. The van der Waals surface area contributed by atoms with Gasteiger partial charge in [-0.25, -0.2) is 9.78 Å². The average molecular weight is 361 g/mol. The van der Waals surface area contributed by atoms with Gasteiger partial charge in [0.15, 0.2) is 6.04 Å². The van der Waals surface area contributed by atoms with E-state index in [0.717, 1.165) is 11.6 Å². The molecule has 2 atom stereocenters. The number of aliphatic hydroxyl groups is 1. The predicted octanol–water partition coefficient (Wildman–Crippen LogP) is -0.0669. The highest BCUT2D eigenvalue weighted by atomic mass is 16.5. The number of nitrogens with zero attached hydrogens (tertiary/aromatic N) is 1. The van der Waals surface area contributed by atoms with Crippen LogP contribution in [0, 0.1) is 0 Å². The lowest BCUT2D eigenvalue weighted by atomic mass is 10.1. The van der Waals surface area contributed by atoms with E-state index in [-0.39, 0.29) is 17.9 Å². The summed E-state index contributed by atoms with van der Waals surface area (Å²) in [5.41, 5.74) is 0.0562. The first-order chi connectivity index (χ1) is 12.3. The van der Waals surface area contributed by atoms with E-state index in [2.05, 4.69) is 15.3 Å². The Morgan fingerprint density at radius 3 is 2.50 bits per heavy atom. The van der Waals surface area contributed by atoms with Gasteiger partial charge in [0.1, 0.15) is 17.3 Å². The second kappa shape index (κ2) is 8.26. The summed E-state index contributed by atoms with van der Waals surface area (Å²) in [6.07, 6.45) is -1.05. The normalized spacial score (nSPS) is 12.9. The fourth-order valence-corrected chi connectivity index (χ4v) is 2.25. The molecule has 2 rings (SSSR count). The predicted molar refractivity (Wildman–Crippen MR) is 91.2 cm³/mol. The summed E-state index contributed by atoms with van der Waals surface area (Å²) in [4.78, 5) is 41.7. The van der Waals surface area contributed by atoms with Crippen molar-refractivity contribution in [2.45, 2.75) is 25.5 Å². The summed E-state index contributed by atoms with van der Waals surface area (Å²) >= 11 is 0. The minimum absolute atomic E-state index is 0.232. The third-order valence-corrected chi connectivity index (χ3v) is 3.59. The average Bonchev–Trinajstić information content (AvgIpc) is 2.59. The van der Waals surface area contributed by atoms with Gasteiger partial charge in [-0.05, 0) is 24.6 Å². The van der Waals surface area contributed by atoms with Crippen LogP contribution < -0.4 is 15.6 Å². The first kappa shape index (κ1) is 19.1. The molecule has 4 N–H and O–H groups in total. The minimum atomic E-state index is -1.51. The standard InChI is InChI=1S/C17H19N3O6/c1-9(21)15(17(24)25)20-16(23)12-8-14(22)19-13(18-12)7-10-3-5-11(26-2)6-4-10/h3-6,8-9,15,21H,7H2,1-2H3,(H,20,23)(H,24,25)(H,18,19,22). The van der Waals surface area contributed by atoms with E-state index in [1.54, 1.807) is 31.4 Å². The molecule has 1 heterocycles. The molecule has 26 heavy (non-hydrogen) atoms. The molecule has 0 aliphatic rings. The van der Waals surface area contributed by atoms with Gasteiger partial charge in [-0.3, -0.25) is 9.59 Å². The third-order valence-electron chi connectivity index (χ3n) is 3.59. The molecule has 2 aromatic rings. The molecular formula is C17H19N3O6. The Hall–Kier alpha value is -3.20. The number of aromatic amines is 1. The van der Waals surface area contributed by atoms with Crippen LogP contribution >= 0.6 is 0 Å².